The van der Waals surface area contributed by atoms with Crippen molar-refractivity contribution in [1.82, 2.24) is 4.98 Å². The molecule has 25 heavy (non-hydrogen) atoms. The van der Waals surface area contributed by atoms with Crippen LogP contribution in [0.2, 0.25) is 5.02 Å². The number of aryl methyl sites for hydroxylation is 1. The molecule has 0 radical (unpaired) electrons. The number of nitrogens with zero attached hydrogens (tertiary/aromatic N) is 3. The van der Waals surface area contributed by atoms with Gasteiger partial charge in [0, 0.05) is 42.3 Å². The minimum atomic E-state index is 0.303. The molecule has 1 fully saturated rings. The van der Waals surface area contributed by atoms with Crippen molar-refractivity contribution >= 4 is 34.0 Å². The van der Waals surface area contributed by atoms with Crippen molar-refractivity contribution in [2.45, 2.75) is 6.92 Å². The number of fused-ring (bicyclic) bond motifs is 1. The third kappa shape index (κ3) is 3.22. The van der Waals surface area contributed by atoms with E-state index >= 15 is 0 Å². The van der Waals surface area contributed by atoms with Crippen LogP contribution < -0.4 is 9.80 Å². The number of aromatic nitrogens is 1. The fourth-order valence-corrected chi connectivity index (χ4v) is 3.54. The molecule has 2 heterocycles. The molecule has 0 aliphatic carbocycles. The second-order valence-electron chi connectivity index (χ2n) is 6.45. The van der Waals surface area contributed by atoms with Gasteiger partial charge in [-0.05, 0) is 55.0 Å². The molecular weight excluding hydrogens is 334 g/mol. The lowest BCUT2D eigenvalue weighted by Crippen LogP contribution is -2.46. The Bertz CT molecular complexity index is 903. The molecule has 1 aliphatic rings. The van der Waals surface area contributed by atoms with E-state index in [1.54, 1.807) is 12.1 Å². The average molecular weight is 354 g/mol. The number of anilines is 2. The minimum Gasteiger partial charge on any atom is -0.508 e. The standard InChI is InChI=1S/C20H20ClN3O/c1-14-12-20(22-19-13-15(21)2-7-18(14)19)24-10-8-23(9-11-24)16-3-5-17(25)6-4-16/h2-7,12-13,25H,8-11H2,1H3. The van der Waals surface area contributed by atoms with Gasteiger partial charge in [-0.15, -0.1) is 0 Å². The zero-order valence-electron chi connectivity index (χ0n) is 14.1. The van der Waals surface area contributed by atoms with Gasteiger partial charge >= 0.3 is 0 Å². The van der Waals surface area contributed by atoms with Crippen LogP contribution in [0.25, 0.3) is 10.9 Å². The van der Waals surface area contributed by atoms with Gasteiger partial charge < -0.3 is 14.9 Å². The molecule has 1 aromatic heterocycles. The van der Waals surface area contributed by atoms with Gasteiger partial charge in [-0.2, -0.15) is 0 Å². The van der Waals surface area contributed by atoms with E-state index < -0.39 is 0 Å². The van der Waals surface area contributed by atoms with Crippen LogP contribution in [-0.4, -0.2) is 36.3 Å². The number of phenolic OH excluding ortho intramolecular Hbond substituents is 1. The summed E-state index contributed by atoms with van der Waals surface area (Å²) in [6.07, 6.45) is 0. The number of piperazine rings is 1. The number of pyridine rings is 1. The molecule has 0 bridgehead atoms. The van der Waals surface area contributed by atoms with Gasteiger partial charge in [0.15, 0.2) is 0 Å². The van der Waals surface area contributed by atoms with Gasteiger partial charge in [-0.3, -0.25) is 0 Å². The molecule has 5 heteroatoms. The molecule has 1 aliphatic heterocycles. The van der Waals surface area contributed by atoms with Crippen molar-refractivity contribution in [2.24, 2.45) is 0 Å². The Balaban J connectivity index is 1.54. The Morgan fingerprint density at radius 1 is 0.920 bits per heavy atom. The molecule has 0 unspecified atom stereocenters. The fourth-order valence-electron chi connectivity index (χ4n) is 3.38. The van der Waals surface area contributed by atoms with Crippen LogP contribution in [0.4, 0.5) is 11.5 Å². The Kier molecular flexibility index (Phi) is 4.14. The molecule has 128 valence electrons. The van der Waals surface area contributed by atoms with Crippen molar-refractivity contribution in [3.63, 3.8) is 0 Å². The third-order valence-corrected chi connectivity index (χ3v) is 5.02. The Morgan fingerprint density at radius 3 is 2.32 bits per heavy atom. The number of phenols is 1. The molecule has 4 rings (SSSR count). The van der Waals surface area contributed by atoms with Crippen LogP contribution in [0.1, 0.15) is 5.56 Å². The van der Waals surface area contributed by atoms with Crippen molar-refractivity contribution in [2.75, 3.05) is 36.0 Å². The van der Waals surface area contributed by atoms with Gasteiger partial charge in [0.1, 0.15) is 11.6 Å². The van der Waals surface area contributed by atoms with Crippen molar-refractivity contribution in [1.29, 1.82) is 0 Å². The van der Waals surface area contributed by atoms with Gasteiger partial charge in [-0.1, -0.05) is 17.7 Å². The topological polar surface area (TPSA) is 39.6 Å². The molecule has 2 aromatic carbocycles. The lowest BCUT2D eigenvalue weighted by Gasteiger charge is -2.37. The normalized spacial score (nSPS) is 15.0. The first-order valence-corrected chi connectivity index (χ1v) is 8.84. The van der Waals surface area contributed by atoms with E-state index in [1.807, 2.05) is 30.3 Å². The van der Waals surface area contributed by atoms with E-state index in [2.05, 4.69) is 22.8 Å². The summed E-state index contributed by atoms with van der Waals surface area (Å²) in [7, 11) is 0. The maximum atomic E-state index is 9.43. The highest BCUT2D eigenvalue weighted by Gasteiger charge is 2.19. The van der Waals surface area contributed by atoms with Crippen LogP contribution in [0.15, 0.2) is 48.5 Å². The monoisotopic (exact) mass is 353 g/mol. The Hall–Kier alpha value is -2.46. The largest absolute Gasteiger partial charge is 0.508 e. The van der Waals surface area contributed by atoms with Crippen molar-refractivity contribution in [3.05, 3.63) is 59.1 Å². The van der Waals surface area contributed by atoms with E-state index in [1.165, 1.54) is 5.56 Å². The summed E-state index contributed by atoms with van der Waals surface area (Å²) in [5, 5.41) is 11.3. The zero-order chi connectivity index (χ0) is 17.4. The quantitative estimate of drug-likeness (QED) is 0.748. The summed E-state index contributed by atoms with van der Waals surface area (Å²) < 4.78 is 0. The molecule has 4 nitrogen and oxygen atoms in total. The first-order valence-electron chi connectivity index (χ1n) is 8.46. The summed E-state index contributed by atoms with van der Waals surface area (Å²) in [5.74, 6) is 1.31. The summed E-state index contributed by atoms with van der Waals surface area (Å²) >= 11 is 6.13. The summed E-state index contributed by atoms with van der Waals surface area (Å²) in [5.41, 5.74) is 3.31. The van der Waals surface area contributed by atoms with Crippen LogP contribution in [0.5, 0.6) is 5.75 Å². The molecule has 0 saturated carbocycles. The van der Waals surface area contributed by atoms with Crippen molar-refractivity contribution < 1.29 is 5.11 Å². The highest BCUT2D eigenvalue weighted by atomic mass is 35.5. The smallest absolute Gasteiger partial charge is 0.129 e. The lowest BCUT2D eigenvalue weighted by atomic mass is 10.1. The highest BCUT2D eigenvalue weighted by Crippen LogP contribution is 2.26. The summed E-state index contributed by atoms with van der Waals surface area (Å²) in [4.78, 5) is 9.48. The van der Waals surface area contributed by atoms with E-state index in [-0.39, 0.29) is 0 Å². The predicted molar refractivity (Wildman–Crippen MR) is 104 cm³/mol. The predicted octanol–water partition coefficient (Wildman–Crippen LogP) is 4.23. The fraction of sp³-hybridized carbons (Fsp3) is 0.250. The molecule has 3 aromatic rings. The molecule has 1 N–H and O–H groups in total. The van der Waals surface area contributed by atoms with Crippen LogP contribution in [0, 0.1) is 6.92 Å². The number of hydrogen-bond acceptors (Lipinski definition) is 4. The summed E-state index contributed by atoms with van der Waals surface area (Å²) in [6, 6.07) is 15.4. The van der Waals surface area contributed by atoms with Gasteiger partial charge in [0.05, 0.1) is 5.52 Å². The highest BCUT2D eigenvalue weighted by molar-refractivity contribution is 6.31. The Labute approximate surface area is 152 Å². The first-order chi connectivity index (χ1) is 12.1. The molecule has 0 spiro atoms. The second kappa shape index (κ2) is 6.45. The van der Waals surface area contributed by atoms with Crippen LogP contribution in [0.3, 0.4) is 0 Å². The number of halogens is 1. The van der Waals surface area contributed by atoms with Gasteiger partial charge in [0.2, 0.25) is 0 Å². The summed E-state index contributed by atoms with van der Waals surface area (Å²) in [6.45, 7) is 5.81. The molecule has 0 atom stereocenters. The van der Waals surface area contributed by atoms with Gasteiger partial charge in [-0.25, -0.2) is 4.98 Å². The molecule has 1 saturated heterocycles. The molecule has 0 amide bonds. The number of hydrogen-bond donors (Lipinski definition) is 1. The second-order valence-corrected chi connectivity index (χ2v) is 6.89. The minimum absolute atomic E-state index is 0.303. The van der Waals surface area contributed by atoms with Crippen LogP contribution in [-0.2, 0) is 0 Å². The average Bonchev–Trinajstić information content (AvgIpc) is 2.62. The van der Waals surface area contributed by atoms with E-state index in [0.717, 1.165) is 48.6 Å². The zero-order valence-corrected chi connectivity index (χ0v) is 14.9. The van der Waals surface area contributed by atoms with E-state index in [4.69, 9.17) is 16.6 Å². The Morgan fingerprint density at radius 2 is 1.60 bits per heavy atom. The maximum Gasteiger partial charge on any atom is 0.129 e. The third-order valence-electron chi connectivity index (χ3n) is 4.78. The van der Waals surface area contributed by atoms with E-state index in [0.29, 0.717) is 10.8 Å². The number of rotatable bonds is 2. The first kappa shape index (κ1) is 16.0. The lowest BCUT2D eigenvalue weighted by molar-refractivity contribution is 0.475. The van der Waals surface area contributed by atoms with Crippen LogP contribution >= 0.6 is 11.6 Å². The van der Waals surface area contributed by atoms with Crippen molar-refractivity contribution in [3.8, 4) is 5.75 Å². The van der Waals surface area contributed by atoms with E-state index in [9.17, 15) is 5.11 Å². The number of aromatic hydroxyl groups is 1. The molecular formula is C20H20ClN3O. The SMILES string of the molecule is Cc1cc(N2CCN(c3ccc(O)cc3)CC2)nc2cc(Cl)ccc12. The number of benzene rings is 2. The maximum absolute atomic E-state index is 9.43. The van der Waals surface area contributed by atoms with Gasteiger partial charge in [0.25, 0.3) is 0 Å².